The minimum atomic E-state index is -0.423. The van der Waals surface area contributed by atoms with Crippen LogP contribution in [0.5, 0.6) is 5.75 Å². The van der Waals surface area contributed by atoms with E-state index in [1.54, 1.807) is 25.1 Å². The van der Waals surface area contributed by atoms with Gasteiger partial charge < -0.3 is 24.4 Å². The average Bonchev–Trinajstić information content (AvgIpc) is 2.83. The maximum Gasteiger partial charge on any atom is 0.340 e. The molecule has 1 amide bonds. The Morgan fingerprint density at radius 2 is 1.72 bits per heavy atom. The first-order valence-electron chi connectivity index (χ1n) is 10.6. The lowest BCUT2D eigenvalue weighted by atomic mass is 10.0. The first-order valence-corrected chi connectivity index (χ1v) is 10.6. The van der Waals surface area contributed by atoms with Crippen LogP contribution in [0.25, 0.3) is 10.8 Å². The molecule has 1 aliphatic heterocycles. The third kappa shape index (κ3) is 4.53. The highest BCUT2D eigenvalue weighted by Gasteiger charge is 2.21. The number of hydrogen-bond donors (Lipinski definition) is 1. The molecule has 7 nitrogen and oxygen atoms in total. The number of anilines is 2. The van der Waals surface area contributed by atoms with Crippen LogP contribution in [0.4, 0.5) is 11.4 Å². The molecule has 32 heavy (non-hydrogen) atoms. The molecule has 3 aromatic carbocycles. The normalized spacial score (nSPS) is 13.6. The van der Waals surface area contributed by atoms with Crippen LogP contribution in [0.3, 0.4) is 0 Å². The lowest BCUT2D eigenvalue weighted by molar-refractivity contribution is 0.0526. The molecule has 1 fully saturated rings. The fourth-order valence-corrected chi connectivity index (χ4v) is 3.83. The number of amides is 1. The zero-order valence-electron chi connectivity index (χ0n) is 18.2. The molecular formula is C25H26N2O5. The minimum absolute atomic E-state index is 0.270. The molecular weight excluding hydrogens is 408 g/mol. The molecule has 0 radical (unpaired) electrons. The lowest BCUT2D eigenvalue weighted by Gasteiger charge is -2.30. The maximum absolute atomic E-state index is 13.1. The summed E-state index contributed by atoms with van der Waals surface area (Å²) in [4.78, 5) is 27.8. The zero-order chi connectivity index (χ0) is 22.5. The van der Waals surface area contributed by atoms with Crippen molar-refractivity contribution in [3.8, 4) is 5.75 Å². The van der Waals surface area contributed by atoms with Gasteiger partial charge in [-0.1, -0.05) is 24.3 Å². The van der Waals surface area contributed by atoms with Crippen molar-refractivity contribution < 1.29 is 23.8 Å². The Bertz CT molecular complexity index is 1140. The Kier molecular flexibility index (Phi) is 6.56. The largest absolute Gasteiger partial charge is 0.496 e. The fourth-order valence-electron chi connectivity index (χ4n) is 3.83. The van der Waals surface area contributed by atoms with Gasteiger partial charge in [-0.3, -0.25) is 4.79 Å². The van der Waals surface area contributed by atoms with Crippen molar-refractivity contribution >= 4 is 34.0 Å². The summed E-state index contributed by atoms with van der Waals surface area (Å²) < 4.78 is 16.1. The zero-order valence-corrected chi connectivity index (χ0v) is 18.2. The molecule has 1 aliphatic rings. The number of benzene rings is 3. The second-order valence-corrected chi connectivity index (χ2v) is 7.41. The number of hydrogen-bond acceptors (Lipinski definition) is 6. The molecule has 0 bridgehead atoms. The number of fused-ring (bicyclic) bond motifs is 1. The molecule has 0 unspecified atom stereocenters. The van der Waals surface area contributed by atoms with Crippen LogP contribution in [-0.4, -0.2) is 51.9 Å². The summed E-state index contributed by atoms with van der Waals surface area (Å²) in [5.41, 5.74) is 2.11. The third-order valence-corrected chi connectivity index (χ3v) is 5.41. The van der Waals surface area contributed by atoms with Gasteiger partial charge in [0.2, 0.25) is 0 Å². The van der Waals surface area contributed by atoms with E-state index in [0.29, 0.717) is 48.9 Å². The molecule has 0 aliphatic carbocycles. The summed E-state index contributed by atoms with van der Waals surface area (Å²) in [6.45, 7) is 4.61. The van der Waals surface area contributed by atoms with Crippen LogP contribution in [0.1, 0.15) is 27.6 Å². The van der Waals surface area contributed by atoms with Crippen LogP contribution in [0.15, 0.2) is 54.6 Å². The van der Waals surface area contributed by atoms with E-state index in [1.165, 1.54) is 7.11 Å². The second kappa shape index (κ2) is 9.70. The number of methoxy groups -OCH3 is 1. The first-order chi connectivity index (χ1) is 15.6. The van der Waals surface area contributed by atoms with Crippen LogP contribution >= 0.6 is 0 Å². The highest BCUT2D eigenvalue weighted by atomic mass is 16.5. The van der Waals surface area contributed by atoms with Crippen molar-refractivity contribution in [1.29, 1.82) is 0 Å². The van der Waals surface area contributed by atoms with Crippen molar-refractivity contribution in [2.45, 2.75) is 6.92 Å². The molecule has 1 N–H and O–H groups in total. The van der Waals surface area contributed by atoms with Gasteiger partial charge in [0.05, 0.1) is 43.7 Å². The Morgan fingerprint density at radius 3 is 2.41 bits per heavy atom. The molecule has 4 rings (SSSR count). The second-order valence-electron chi connectivity index (χ2n) is 7.41. The van der Waals surface area contributed by atoms with Crippen molar-refractivity contribution in [3.63, 3.8) is 0 Å². The van der Waals surface area contributed by atoms with E-state index in [9.17, 15) is 9.59 Å². The molecule has 1 heterocycles. The molecule has 166 valence electrons. The average molecular weight is 434 g/mol. The standard InChI is InChI=1S/C25H26N2O5/c1-3-32-25(29)20-16-19(8-9-22(20)27-10-12-31-13-11-27)26-24(28)21-14-17-6-4-5-7-18(17)15-23(21)30-2/h4-9,14-16H,3,10-13H2,1-2H3,(H,26,28). The number of nitrogens with zero attached hydrogens (tertiary/aromatic N) is 1. The summed E-state index contributed by atoms with van der Waals surface area (Å²) in [6.07, 6.45) is 0. The van der Waals surface area contributed by atoms with Gasteiger partial charge in [-0.15, -0.1) is 0 Å². The first kappa shape index (κ1) is 21.6. The molecule has 0 atom stereocenters. The summed E-state index contributed by atoms with van der Waals surface area (Å²) in [5.74, 6) is -0.258. The Labute approximate surface area is 186 Å². The van der Waals surface area contributed by atoms with E-state index in [1.807, 2.05) is 36.4 Å². The third-order valence-electron chi connectivity index (χ3n) is 5.41. The van der Waals surface area contributed by atoms with E-state index in [0.717, 1.165) is 16.5 Å². The number of ether oxygens (including phenoxy) is 3. The smallest absolute Gasteiger partial charge is 0.340 e. The monoisotopic (exact) mass is 434 g/mol. The van der Waals surface area contributed by atoms with Gasteiger partial charge in [0, 0.05) is 18.8 Å². The van der Waals surface area contributed by atoms with Gasteiger partial charge in [-0.25, -0.2) is 4.79 Å². The van der Waals surface area contributed by atoms with Gasteiger partial charge >= 0.3 is 5.97 Å². The predicted molar refractivity (Wildman–Crippen MR) is 124 cm³/mol. The molecule has 0 spiro atoms. The summed E-state index contributed by atoms with van der Waals surface area (Å²) >= 11 is 0. The van der Waals surface area contributed by atoms with Crippen molar-refractivity contribution in [1.82, 2.24) is 0 Å². The number of rotatable bonds is 6. The number of nitrogens with one attached hydrogen (secondary N) is 1. The fraction of sp³-hybridized carbons (Fsp3) is 0.280. The van der Waals surface area contributed by atoms with Crippen molar-refractivity contribution in [3.05, 3.63) is 65.7 Å². The topological polar surface area (TPSA) is 77.1 Å². The number of carbonyl (C=O) groups excluding carboxylic acids is 2. The van der Waals surface area contributed by atoms with Gasteiger partial charge in [0.15, 0.2) is 0 Å². The highest BCUT2D eigenvalue weighted by Crippen LogP contribution is 2.29. The van der Waals surface area contributed by atoms with Crippen molar-refractivity contribution in [2.24, 2.45) is 0 Å². The van der Waals surface area contributed by atoms with Crippen LogP contribution in [0, 0.1) is 0 Å². The van der Waals surface area contributed by atoms with Gasteiger partial charge in [-0.2, -0.15) is 0 Å². The maximum atomic E-state index is 13.1. The Hall–Kier alpha value is -3.58. The van der Waals surface area contributed by atoms with E-state index in [2.05, 4.69) is 10.2 Å². The Balaban J connectivity index is 1.65. The van der Waals surface area contributed by atoms with Gasteiger partial charge in [0.25, 0.3) is 5.91 Å². The van der Waals surface area contributed by atoms with Gasteiger partial charge in [0.1, 0.15) is 5.75 Å². The van der Waals surface area contributed by atoms with E-state index in [-0.39, 0.29) is 12.5 Å². The summed E-state index contributed by atoms with van der Waals surface area (Å²) in [6, 6.07) is 16.7. The molecule has 3 aromatic rings. The number of morpholine rings is 1. The molecule has 0 aromatic heterocycles. The predicted octanol–water partition coefficient (Wildman–Crippen LogP) is 4.11. The van der Waals surface area contributed by atoms with Crippen LogP contribution in [-0.2, 0) is 9.47 Å². The quantitative estimate of drug-likeness (QED) is 0.589. The van der Waals surface area contributed by atoms with E-state index in [4.69, 9.17) is 14.2 Å². The van der Waals surface area contributed by atoms with Crippen molar-refractivity contribution in [2.75, 3.05) is 50.2 Å². The number of carbonyl (C=O) groups is 2. The molecule has 0 saturated carbocycles. The van der Waals surface area contributed by atoms with Crippen LogP contribution < -0.4 is 15.0 Å². The summed E-state index contributed by atoms with van der Waals surface area (Å²) in [7, 11) is 1.54. The summed E-state index contributed by atoms with van der Waals surface area (Å²) in [5, 5.41) is 4.82. The molecule has 7 heteroatoms. The Morgan fingerprint density at radius 1 is 1.00 bits per heavy atom. The SMILES string of the molecule is CCOC(=O)c1cc(NC(=O)c2cc3ccccc3cc2OC)ccc1N1CCOCC1. The van der Waals surface area contributed by atoms with Gasteiger partial charge in [-0.05, 0) is 48.0 Å². The lowest BCUT2D eigenvalue weighted by Crippen LogP contribution is -2.37. The number of esters is 1. The van der Waals surface area contributed by atoms with E-state index < -0.39 is 5.97 Å². The van der Waals surface area contributed by atoms with Crippen LogP contribution in [0.2, 0.25) is 0 Å². The van der Waals surface area contributed by atoms with E-state index >= 15 is 0 Å². The minimum Gasteiger partial charge on any atom is -0.496 e. The highest BCUT2D eigenvalue weighted by molar-refractivity contribution is 6.09. The molecule has 1 saturated heterocycles.